The van der Waals surface area contributed by atoms with E-state index in [0.29, 0.717) is 23.6 Å². The Labute approximate surface area is 202 Å². The average Bonchev–Trinajstić information content (AvgIpc) is 3.22. The highest BCUT2D eigenvalue weighted by Crippen LogP contribution is 2.23. The van der Waals surface area contributed by atoms with Crippen molar-refractivity contribution in [3.05, 3.63) is 52.2 Å². The zero-order valence-corrected chi connectivity index (χ0v) is 20.5. The van der Waals surface area contributed by atoms with Crippen LogP contribution in [-0.2, 0) is 11.2 Å². The second-order valence-corrected chi connectivity index (χ2v) is 10.5. The van der Waals surface area contributed by atoms with Gasteiger partial charge in [0.05, 0.1) is 0 Å². The van der Waals surface area contributed by atoms with Crippen LogP contribution in [0.3, 0.4) is 0 Å². The molecule has 4 rings (SSSR count). The maximum absolute atomic E-state index is 13.1. The summed E-state index contributed by atoms with van der Waals surface area (Å²) in [6, 6.07) is 11.6. The van der Waals surface area contributed by atoms with Crippen LogP contribution in [0, 0.1) is 5.92 Å². The maximum Gasteiger partial charge on any atom is 0.253 e. The van der Waals surface area contributed by atoms with Gasteiger partial charge in [0.1, 0.15) is 0 Å². The zero-order chi connectivity index (χ0) is 22.9. The molecule has 1 aromatic carbocycles. The first kappa shape index (κ1) is 24.0. The lowest BCUT2D eigenvalue weighted by Crippen LogP contribution is -2.41. The van der Waals surface area contributed by atoms with Gasteiger partial charge < -0.3 is 15.1 Å². The van der Waals surface area contributed by atoms with Crippen molar-refractivity contribution < 1.29 is 9.59 Å². The van der Waals surface area contributed by atoms with Crippen molar-refractivity contribution >= 4 is 28.8 Å². The molecule has 0 bridgehead atoms. The summed E-state index contributed by atoms with van der Waals surface area (Å²) in [6.07, 6.45) is 9.83. The number of thiophene rings is 1. The fraction of sp³-hybridized carbons (Fsp3) is 0.556. The van der Waals surface area contributed by atoms with E-state index in [2.05, 4.69) is 21.7 Å². The van der Waals surface area contributed by atoms with Gasteiger partial charge in [0, 0.05) is 42.2 Å². The molecule has 0 spiro atoms. The number of nitrogens with one attached hydrogen (secondary N) is 1. The highest BCUT2D eigenvalue weighted by atomic mass is 32.1. The van der Waals surface area contributed by atoms with Gasteiger partial charge in [-0.3, -0.25) is 9.59 Å². The molecule has 1 N–H and O–H groups in total. The SMILES string of the molecule is O=C(CCCc1cccs1)Nc1cccc(C(=O)N2CCC(CN3CCCCCC3)CC2)c1. The van der Waals surface area contributed by atoms with E-state index in [9.17, 15) is 9.59 Å². The molecular formula is C27H37N3O2S. The summed E-state index contributed by atoms with van der Waals surface area (Å²) in [7, 11) is 0. The smallest absolute Gasteiger partial charge is 0.253 e. The van der Waals surface area contributed by atoms with E-state index in [-0.39, 0.29) is 11.8 Å². The number of aryl methyl sites for hydroxylation is 1. The van der Waals surface area contributed by atoms with E-state index in [1.54, 1.807) is 11.3 Å². The van der Waals surface area contributed by atoms with Gasteiger partial charge in [-0.1, -0.05) is 25.0 Å². The first-order valence-corrected chi connectivity index (χ1v) is 13.5. The molecule has 2 aliphatic heterocycles. The predicted octanol–water partition coefficient (Wildman–Crippen LogP) is 5.44. The number of rotatable bonds is 8. The van der Waals surface area contributed by atoms with Gasteiger partial charge in [-0.05, 0) is 87.2 Å². The summed E-state index contributed by atoms with van der Waals surface area (Å²) < 4.78 is 0. The minimum absolute atomic E-state index is 0.00508. The van der Waals surface area contributed by atoms with Crippen molar-refractivity contribution in [2.24, 2.45) is 5.92 Å². The van der Waals surface area contributed by atoms with Gasteiger partial charge in [-0.25, -0.2) is 0 Å². The molecule has 2 saturated heterocycles. The molecule has 178 valence electrons. The molecule has 2 aromatic rings. The van der Waals surface area contributed by atoms with E-state index >= 15 is 0 Å². The molecule has 5 nitrogen and oxygen atoms in total. The number of amides is 2. The number of benzene rings is 1. The largest absolute Gasteiger partial charge is 0.339 e. The fourth-order valence-electron chi connectivity index (χ4n) is 5.02. The molecular weight excluding hydrogens is 430 g/mol. The molecule has 3 heterocycles. The van der Waals surface area contributed by atoms with Crippen molar-refractivity contribution in [1.29, 1.82) is 0 Å². The highest BCUT2D eigenvalue weighted by Gasteiger charge is 2.25. The molecule has 0 aliphatic carbocycles. The van der Waals surface area contributed by atoms with Gasteiger partial charge in [-0.2, -0.15) is 0 Å². The second kappa shape index (κ2) is 12.3. The van der Waals surface area contributed by atoms with Crippen molar-refractivity contribution in [2.75, 3.05) is 38.0 Å². The number of hydrogen-bond acceptors (Lipinski definition) is 4. The van der Waals surface area contributed by atoms with Crippen molar-refractivity contribution in [2.45, 2.75) is 57.8 Å². The molecule has 1 aromatic heterocycles. The number of likely N-dealkylation sites (tertiary alicyclic amines) is 2. The first-order valence-electron chi connectivity index (χ1n) is 12.6. The van der Waals surface area contributed by atoms with Crippen LogP contribution in [0.4, 0.5) is 5.69 Å². The fourth-order valence-corrected chi connectivity index (χ4v) is 5.77. The van der Waals surface area contributed by atoms with Crippen LogP contribution in [0.25, 0.3) is 0 Å². The van der Waals surface area contributed by atoms with Crippen LogP contribution >= 0.6 is 11.3 Å². The molecule has 6 heteroatoms. The molecule has 2 fully saturated rings. The Bertz CT molecular complexity index is 883. The van der Waals surface area contributed by atoms with Crippen LogP contribution in [0.2, 0.25) is 0 Å². The number of piperidine rings is 1. The van der Waals surface area contributed by atoms with E-state index in [0.717, 1.165) is 38.8 Å². The van der Waals surface area contributed by atoms with Gasteiger partial charge in [0.25, 0.3) is 5.91 Å². The van der Waals surface area contributed by atoms with Gasteiger partial charge in [-0.15, -0.1) is 11.3 Å². The van der Waals surface area contributed by atoms with E-state index in [1.165, 1.54) is 50.2 Å². The molecule has 0 atom stereocenters. The van der Waals surface area contributed by atoms with Gasteiger partial charge in [0.15, 0.2) is 0 Å². The molecule has 0 saturated carbocycles. The Balaban J connectivity index is 1.22. The number of carbonyl (C=O) groups is 2. The number of hydrogen-bond donors (Lipinski definition) is 1. The average molecular weight is 468 g/mol. The standard InChI is InChI=1S/C27H37N3O2S/c31-26(12-6-10-25-11-7-19-33-25)28-24-9-5-8-23(20-24)27(32)30-17-13-22(14-18-30)21-29-15-3-1-2-4-16-29/h5,7-9,11,19-20,22H,1-4,6,10,12-18,21H2,(H,28,31). The number of nitrogens with zero attached hydrogens (tertiary/aromatic N) is 2. The molecule has 2 amide bonds. The Morgan fingerprint density at radius 3 is 2.48 bits per heavy atom. The molecule has 2 aliphatic rings. The lowest BCUT2D eigenvalue weighted by atomic mass is 9.95. The Kier molecular flexibility index (Phi) is 8.95. The quantitative estimate of drug-likeness (QED) is 0.563. The summed E-state index contributed by atoms with van der Waals surface area (Å²) in [5.41, 5.74) is 1.37. The lowest BCUT2D eigenvalue weighted by molar-refractivity contribution is -0.116. The number of anilines is 1. The summed E-state index contributed by atoms with van der Waals surface area (Å²) in [5, 5.41) is 5.03. The maximum atomic E-state index is 13.1. The van der Waals surface area contributed by atoms with E-state index in [4.69, 9.17) is 0 Å². The second-order valence-electron chi connectivity index (χ2n) is 9.51. The minimum atomic E-state index is 0.00508. The van der Waals surface area contributed by atoms with Crippen LogP contribution in [0.5, 0.6) is 0 Å². The zero-order valence-electron chi connectivity index (χ0n) is 19.6. The van der Waals surface area contributed by atoms with Crippen LogP contribution in [0.15, 0.2) is 41.8 Å². The van der Waals surface area contributed by atoms with E-state index < -0.39 is 0 Å². The first-order chi connectivity index (χ1) is 16.2. The monoisotopic (exact) mass is 467 g/mol. The molecule has 0 radical (unpaired) electrons. The summed E-state index contributed by atoms with van der Waals surface area (Å²) in [4.78, 5) is 31.4. The third-order valence-electron chi connectivity index (χ3n) is 6.92. The van der Waals surface area contributed by atoms with E-state index in [1.807, 2.05) is 35.2 Å². The predicted molar refractivity (Wildman–Crippen MR) is 136 cm³/mol. The summed E-state index contributed by atoms with van der Waals surface area (Å²) in [5.74, 6) is 0.787. The third kappa shape index (κ3) is 7.41. The minimum Gasteiger partial charge on any atom is -0.339 e. The Morgan fingerprint density at radius 2 is 1.76 bits per heavy atom. The number of carbonyl (C=O) groups excluding carboxylic acids is 2. The van der Waals surface area contributed by atoms with Crippen molar-refractivity contribution in [1.82, 2.24) is 9.80 Å². The molecule has 0 unspecified atom stereocenters. The highest BCUT2D eigenvalue weighted by molar-refractivity contribution is 7.09. The molecule has 33 heavy (non-hydrogen) atoms. The Hall–Kier alpha value is -2.18. The van der Waals surface area contributed by atoms with Gasteiger partial charge in [0.2, 0.25) is 5.91 Å². The van der Waals surface area contributed by atoms with Crippen molar-refractivity contribution in [3.8, 4) is 0 Å². The van der Waals surface area contributed by atoms with Crippen LogP contribution in [0.1, 0.15) is 66.6 Å². The summed E-state index contributed by atoms with van der Waals surface area (Å²) in [6.45, 7) is 5.33. The normalized spacial score (nSPS) is 18.1. The topological polar surface area (TPSA) is 52.7 Å². The van der Waals surface area contributed by atoms with Crippen LogP contribution < -0.4 is 5.32 Å². The summed E-state index contributed by atoms with van der Waals surface area (Å²) >= 11 is 1.73. The van der Waals surface area contributed by atoms with Gasteiger partial charge >= 0.3 is 0 Å². The van der Waals surface area contributed by atoms with Crippen molar-refractivity contribution in [3.63, 3.8) is 0 Å². The third-order valence-corrected chi connectivity index (χ3v) is 7.85. The Morgan fingerprint density at radius 1 is 0.970 bits per heavy atom. The van der Waals surface area contributed by atoms with Crippen LogP contribution in [-0.4, -0.2) is 54.3 Å². The lowest BCUT2D eigenvalue weighted by Gasteiger charge is -2.34.